The highest BCUT2D eigenvalue weighted by Crippen LogP contribution is 2.39. The molecule has 0 aromatic heterocycles. The van der Waals surface area contributed by atoms with Crippen molar-refractivity contribution in [2.45, 2.75) is 100 Å². The molecule has 0 radical (unpaired) electrons. The number of allylic oxidation sites excluding steroid dienone is 6. The molecular formula is C23H43BO2. The Kier molecular flexibility index (Phi) is 11.5. The van der Waals surface area contributed by atoms with Crippen molar-refractivity contribution >= 4 is 7.12 Å². The zero-order valence-corrected chi connectivity index (χ0v) is 18.7. The van der Waals surface area contributed by atoms with E-state index in [1.54, 1.807) is 0 Å². The fourth-order valence-electron chi connectivity index (χ4n) is 3.37. The van der Waals surface area contributed by atoms with Crippen LogP contribution in [0.25, 0.3) is 0 Å². The van der Waals surface area contributed by atoms with Crippen molar-refractivity contribution in [3.8, 4) is 0 Å². The number of rotatable bonds is 12. The van der Waals surface area contributed by atoms with Crippen LogP contribution >= 0.6 is 0 Å². The van der Waals surface area contributed by atoms with Crippen LogP contribution in [0.5, 0.6) is 0 Å². The van der Waals surface area contributed by atoms with Crippen molar-refractivity contribution in [2.24, 2.45) is 10.8 Å². The summed E-state index contributed by atoms with van der Waals surface area (Å²) in [7, 11) is -1.25. The molecule has 0 spiro atoms. The fraction of sp³-hybridized carbons (Fsp3) is 0.739. The van der Waals surface area contributed by atoms with E-state index in [0.717, 1.165) is 25.7 Å². The van der Waals surface area contributed by atoms with Gasteiger partial charge in [0.15, 0.2) is 0 Å². The van der Waals surface area contributed by atoms with Gasteiger partial charge in [-0.15, -0.1) is 0 Å². The Balaban J connectivity index is 4.98. The minimum atomic E-state index is -1.25. The third-order valence-electron chi connectivity index (χ3n) is 6.49. The van der Waals surface area contributed by atoms with Gasteiger partial charge in [-0.05, 0) is 77.0 Å². The van der Waals surface area contributed by atoms with Gasteiger partial charge in [0.25, 0.3) is 0 Å². The molecule has 0 aliphatic heterocycles. The summed E-state index contributed by atoms with van der Waals surface area (Å²) in [5.41, 5.74) is 4.57. The highest BCUT2D eigenvalue weighted by atomic mass is 16.4. The summed E-state index contributed by atoms with van der Waals surface area (Å²) in [4.78, 5) is 0. The minimum Gasteiger partial charge on any atom is -0.427 e. The molecule has 26 heavy (non-hydrogen) atoms. The van der Waals surface area contributed by atoms with Crippen molar-refractivity contribution < 1.29 is 10.0 Å². The maximum atomic E-state index is 9.11. The first kappa shape index (κ1) is 25.2. The van der Waals surface area contributed by atoms with Gasteiger partial charge < -0.3 is 10.0 Å². The lowest BCUT2D eigenvalue weighted by molar-refractivity contribution is 0.340. The van der Waals surface area contributed by atoms with Gasteiger partial charge in [0.05, 0.1) is 0 Å². The van der Waals surface area contributed by atoms with Crippen LogP contribution in [0.3, 0.4) is 0 Å². The van der Waals surface area contributed by atoms with Crippen LogP contribution in [-0.4, -0.2) is 17.2 Å². The average Bonchev–Trinajstić information content (AvgIpc) is 2.58. The van der Waals surface area contributed by atoms with Crippen LogP contribution in [0.1, 0.15) is 93.9 Å². The van der Waals surface area contributed by atoms with Gasteiger partial charge in [0.1, 0.15) is 0 Å². The highest BCUT2D eigenvalue weighted by Gasteiger charge is 2.26. The second-order valence-electron chi connectivity index (χ2n) is 8.68. The van der Waals surface area contributed by atoms with E-state index in [1.165, 1.54) is 29.6 Å². The van der Waals surface area contributed by atoms with Crippen LogP contribution in [0, 0.1) is 10.8 Å². The molecule has 2 N–H and O–H groups in total. The predicted molar refractivity (Wildman–Crippen MR) is 117 cm³/mol. The zero-order chi connectivity index (χ0) is 20.4. The Labute approximate surface area is 163 Å². The van der Waals surface area contributed by atoms with E-state index in [9.17, 15) is 0 Å². The molecule has 0 aromatic carbocycles. The van der Waals surface area contributed by atoms with Crippen molar-refractivity contribution in [1.29, 1.82) is 0 Å². The fourth-order valence-corrected chi connectivity index (χ4v) is 3.37. The normalized spacial score (nSPS) is 17.5. The highest BCUT2D eigenvalue weighted by molar-refractivity contribution is 6.41. The molecule has 150 valence electrons. The van der Waals surface area contributed by atoms with Gasteiger partial charge in [-0.1, -0.05) is 62.6 Å². The van der Waals surface area contributed by atoms with Crippen LogP contribution in [-0.2, 0) is 0 Å². The topological polar surface area (TPSA) is 40.5 Å². The summed E-state index contributed by atoms with van der Waals surface area (Å²) in [5.74, 6) is 0. The Bertz CT molecular complexity index is 500. The smallest absolute Gasteiger partial charge is 0.427 e. The summed E-state index contributed by atoms with van der Waals surface area (Å²) in [6, 6.07) is 0. The van der Waals surface area contributed by atoms with Gasteiger partial charge >= 0.3 is 7.12 Å². The molecule has 2 nitrogen and oxygen atoms in total. The van der Waals surface area contributed by atoms with Crippen molar-refractivity contribution in [3.63, 3.8) is 0 Å². The van der Waals surface area contributed by atoms with Gasteiger partial charge in [0.2, 0.25) is 0 Å². The SMILES string of the molecule is CCC(C)(CCC=C(C)C)/C(C)=C/CCC(C)(CC)/C(C)=C/CB(O)O. The Morgan fingerprint density at radius 3 is 1.58 bits per heavy atom. The molecule has 0 saturated carbocycles. The maximum absolute atomic E-state index is 9.11. The van der Waals surface area contributed by atoms with Crippen LogP contribution in [0.15, 0.2) is 34.9 Å². The van der Waals surface area contributed by atoms with Crippen LogP contribution in [0.2, 0.25) is 6.32 Å². The predicted octanol–water partition coefficient (Wildman–Crippen LogP) is 6.71. The monoisotopic (exact) mass is 362 g/mol. The van der Waals surface area contributed by atoms with E-state index in [0.29, 0.717) is 6.32 Å². The quantitative estimate of drug-likeness (QED) is 0.299. The standard InChI is InChI=1S/C23H43BO2/c1-9-22(7,16-11-13-19(3)4)20(5)14-12-17-23(8,10-2)21(6)15-18-24(25)26/h13-15,25-26H,9-12,16-18H2,1-8H3/b20-14+,21-15+. The van der Waals surface area contributed by atoms with Crippen molar-refractivity contribution in [3.05, 3.63) is 34.9 Å². The number of hydrogen-bond acceptors (Lipinski definition) is 2. The van der Waals surface area contributed by atoms with Crippen LogP contribution in [0.4, 0.5) is 0 Å². The molecule has 2 unspecified atom stereocenters. The minimum absolute atomic E-state index is 0.121. The first-order chi connectivity index (χ1) is 12.0. The molecule has 0 bridgehead atoms. The first-order valence-corrected chi connectivity index (χ1v) is 10.3. The molecule has 2 atom stereocenters. The lowest BCUT2D eigenvalue weighted by Gasteiger charge is -2.32. The van der Waals surface area contributed by atoms with E-state index in [-0.39, 0.29) is 10.8 Å². The molecule has 0 amide bonds. The second kappa shape index (κ2) is 11.8. The molecule has 0 heterocycles. The lowest BCUT2D eigenvalue weighted by Crippen LogP contribution is -2.19. The van der Waals surface area contributed by atoms with E-state index in [2.05, 4.69) is 67.5 Å². The van der Waals surface area contributed by atoms with E-state index in [1.807, 2.05) is 6.08 Å². The summed E-state index contributed by atoms with van der Waals surface area (Å²) >= 11 is 0. The second-order valence-corrected chi connectivity index (χ2v) is 8.68. The van der Waals surface area contributed by atoms with Crippen molar-refractivity contribution in [2.75, 3.05) is 0 Å². The third kappa shape index (κ3) is 8.73. The zero-order valence-electron chi connectivity index (χ0n) is 18.7. The molecule has 0 aliphatic rings. The van der Waals surface area contributed by atoms with Gasteiger partial charge in [0, 0.05) is 6.32 Å². The Hall–Kier alpha value is -0.795. The summed E-state index contributed by atoms with van der Waals surface area (Å²) in [6.45, 7) is 18.0. The number of hydrogen-bond donors (Lipinski definition) is 2. The summed E-state index contributed by atoms with van der Waals surface area (Å²) in [5, 5.41) is 18.2. The molecule has 0 fully saturated rings. The Morgan fingerprint density at radius 1 is 0.769 bits per heavy atom. The van der Waals surface area contributed by atoms with Gasteiger partial charge in [-0.3, -0.25) is 0 Å². The van der Waals surface area contributed by atoms with E-state index < -0.39 is 7.12 Å². The molecule has 0 aliphatic carbocycles. The lowest BCUT2D eigenvalue weighted by atomic mass is 9.73. The molecule has 0 saturated heterocycles. The first-order valence-electron chi connectivity index (χ1n) is 10.3. The van der Waals surface area contributed by atoms with Crippen LogP contribution < -0.4 is 0 Å². The summed E-state index contributed by atoms with van der Waals surface area (Å²) in [6.07, 6.45) is 13.8. The average molecular weight is 362 g/mol. The third-order valence-corrected chi connectivity index (χ3v) is 6.49. The van der Waals surface area contributed by atoms with Gasteiger partial charge in [-0.2, -0.15) is 0 Å². The largest absolute Gasteiger partial charge is 0.455 e. The molecule has 0 aromatic rings. The molecule has 3 heteroatoms. The molecular weight excluding hydrogens is 319 g/mol. The van der Waals surface area contributed by atoms with E-state index in [4.69, 9.17) is 10.0 Å². The van der Waals surface area contributed by atoms with E-state index >= 15 is 0 Å². The van der Waals surface area contributed by atoms with Crippen molar-refractivity contribution in [1.82, 2.24) is 0 Å². The molecule has 0 rings (SSSR count). The maximum Gasteiger partial charge on any atom is 0.455 e. The van der Waals surface area contributed by atoms with Gasteiger partial charge in [-0.25, -0.2) is 0 Å². The summed E-state index contributed by atoms with van der Waals surface area (Å²) < 4.78 is 0. The Morgan fingerprint density at radius 2 is 1.19 bits per heavy atom.